The first-order valence-electron chi connectivity index (χ1n) is 9.43. The molecule has 1 aliphatic carbocycles. The van der Waals surface area contributed by atoms with Gasteiger partial charge in [0, 0.05) is 39.3 Å². The fraction of sp³-hybridized carbons (Fsp3) is 0.579. The highest BCUT2D eigenvalue weighted by molar-refractivity contribution is 5.71. The molecule has 2 aliphatic rings. The molecule has 1 aromatic heterocycles. The predicted octanol–water partition coefficient (Wildman–Crippen LogP) is 3.32. The van der Waals surface area contributed by atoms with E-state index in [2.05, 4.69) is 4.98 Å². The minimum atomic E-state index is -4.77. The van der Waals surface area contributed by atoms with Gasteiger partial charge in [-0.15, -0.1) is 0 Å². The van der Waals surface area contributed by atoms with Crippen LogP contribution < -0.4 is 0 Å². The van der Waals surface area contributed by atoms with E-state index in [-0.39, 0.29) is 18.3 Å². The van der Waals surface area contributed by atoms with E-state index in [0.29, 0.717) is 17.8 Å². The van der Waals surface area contributed by atoms with Crippen molar-refractivity contribution in [3.05, 3.63) is 29.2 Å². The molecule has 160 valence electrons. The van der Waals surface area contributed by atoms with E-state index in [1.807, 2.05) is 0 Å². The van der Waals surface area contributed by atoms with Gasteiger partial charge in [0.05, 0.1) is 11.4 Å². The summed E-state index contributed by atoms with van der Waals surface area (Å²) in [5, 5.41) is 13.0. The molecular weight excluding hydrogens is 389 g/mol. The van der Waals surface area contributed by atoms with Crippen LogP contribution >= 0.6 is 0 Å². The molecule has 0 spiro atoms. The molecule has 0 aromatic carbocycles. The fourth-order valence-corrected chi connectivity index (χ4v) is 3.74. The summed E-state index contributed by atoms with van der Waals surface area (Å²) < 4.78 is 44.8. The average Bonchev–Trinajstić information content (AvgIpc) is 3.28. The molecule has 1 saturated carbocycles. The highest BCUT2D eigenvalue weighted by Crippen LogP contribution is 2.36. The SMILES string of the molecule is CN(C(=O)OCC1=C(c2ccc(O)c(C(F)(F)F)n2)CN(C)N1C)C1CCCC1. The number of halogens is 3. The topological polar surface area (TPSA) is 69.1 Å². The van der Waals surface area contributed by atoms with Crippen molar-refractivity contribution in [3.8, 4) is 5.75 Å². The van der Waals surface area contributed by atoms with E-state index >= 15 is 0 Å². The van der Waals surface area contributed by atoms with Gasteiger partial charge in [0.1, 0.15) is 12.4 Å². The van der Waals surface area contributed by atoms with Crippen molar-refractivity contribution in [1.82, 2.24) is 19.9 Å². The number of alkyl halides is 3. The van der Waals surface area contributed by atoms with Crippen LogP contribution in [0.3, 0.4) is 0 Å². The number of rotatable bonds is 4. The van der Waals surface area contributed by atoms with Crippen LogP contribution in [-0.4, -0.2) is 71.4 Å². The van der Waals surface area contributed by atoms with Gasteiger partial charge in [-0.1, -0.05) is 12.8 Å². The van der Waals surface area contributed by atoms with Gasteiger partial charge in [-0.25, -0.2) is 14.8 Å². The van der Waals surface area contributed by atoms with Crippen LogP contribution in [0.2, 0.25) is 0 Å². The quantitative estimate of drug-likeness (QED) is 0.815. The van der Waals surface area contributed by atoms with E-state index in [9.17, 15) is 23.1 Å². The summed E-state index contributed by atoms with van der Waals surface area (Å²) in [7, 11) is 5.21. The number of hydrogen-bond donors (Lipinski definition) is 1. The fourth-order valence-electron chi connectivity index (χ4n) is 3.74. The van der Waals surface area contributed by atoms with Gasteiger partial charge < -0.3 is 19.8 Å². The van der Waals surface area contributed by atoms with Crippen molar-refractivity contribution in [3.63, 3.8) is 0 Å². The Morgan fingerprint density at radius 3 is 2.59 bits per heavy atom. The summed E-state index contributed by atoms with van der Waals surface area (Å²) >= 11 is 0. The molecule has 3 rings (SSSR count). The molecule has 2 heterocycles. The van der Waals surface area contributed by atoms with Gasteiger partial charge in [-0.05, 0) is 25.0 Å². The summed E-state index contributed by atoms with van der Waals surface area (Å²) in [5.41, 5.74) is -0.192. The van der Waals surface area contributed by atoms with Crippen LogP contribution in [-0.2, 0) is 10.9 Å². The van der Waals surface area contributed by atoms with E-state index in [1.54, 1.807) is 36.1 Å². The average molecular weight is 414 g/mol. The van der Waals surface area contributed by atoms with Crippen LogP contribution in [0.4, 0.5) is 18.0 Å². The van der Waals surface area contributed by atoms with Crippen molar-refractivity contribution < 1.29 is 27.8 Å². The van der Waals surface area contributed by atoms with Crippen molar-refractivity contribution in [2.45, 2.75) is 37.9 Å². The molecule has 1 aliphatic heterocycles. The van der Waals surface area contributed by atoms with Gasteiger partial charge >= 0.3 is 12.3 Å². The number of likely N-dealkylation sites (N-methyl/N-ethyl adjacent to an activating group) is 2. The van der Waals surface area contributed by atoms with Gasteiger partial charge in [-0.3, -0.25) is 0 Å². The molecule has 0 atom stereocenters. The lowest BCUT2D eigenvalue weighted by atomic mass is 10.1. The first-order chi connectivity index (χ1) is 13.6. The molecule has 29 heavy (non-hydrogen) atoms. The minimum Gasteiger partial charge on any atom is -0.506 e. The zero-order valence-electron chi connectivity index (χ0n) is 16.7. The molecule has 1 aromatic rings. The molecular formula is C19H25F3N4O3. The lowest BCUT2D eigenvalue weighted by Crippen LogP contribution is -2.37. The molecule has 1 amide bonds. The van der Waals surface area contributed by atoms with Crippen molar-refractivity contribution >= 4 is 11.7 Å². The summed E-state index contributed by atoms with van der Waals surface area (Å²) in [4.78, 5) is 17.6. The standard InChI is InChI=1S/C19H25F3N4O3/c1-24-10-13(14-8-9-16(27)17(23-14)19(20,21)22)15(26(24)3)11-29-18(28)25(2)12-6-4-5-7-12/h8-9,12,27H,4-7,10-11H2,1-3H3. The summed E-state index contributed by atoms with van der Waals surface area (Å²) in [5.74, 6) is -0.923. The Hall–Kier alpha value is -2.49. The Kier molecular flexibility index (Phi) is 5.92. The van der Waals surface area contributed by atoms with E-state index in [4.69, 9.17) is 4.74 Å². The number of pyridine rings is 1. The molecule has 1 fully saturated rings. The number of hydrazine groups is 1. The normalized spacial score (nSPS) is 18.6. The number of hydrogen-bond acceptors (Lipinski definition) is 6. The number of amides is 1. The predicted molar refractivity (Wildman–Crippen MR) is 99.6 cm³/mol. The largest absolute Gasteiger partial charge is 0.506 e. The van der Waals surface area contributed by atoms with Gasteiger partial charge in [0.15, 0.2) is 5.69 Å². The Morgan fingerprint density at radius 2 is 1.97 bits per heavy atom. The molecule has 10 heteroatoms. The van der Waals surface area contributed by atoms with Crippen molar-refractivity contribution in [2.24, 2.45) is 0 Å². The molecule has 0 saturated heterocycles. The lowest BCUT2D eigenvalue weighted by Gasteiger charge is -2.26. The van der Waals surface area contributed by atoms with Crippen molar-refractivity contribution in [2.75, 3.05) is 34.3 Å². The maximum Gasteiger partial charge on any atom is 0.437 e. The third-order valence-corrected chi connectivity index (χ3v) is 5.58. The minimum absolute atomic E-state index is 0.0847. The van der Waals surface area contributed by atoms with Crippen molar-refractivity contribution in [1.29, 1.82) is 0 Å². The van der Waals surface area contributed by atoms with Crippen LogP contribution in [0.1, 0.15) is 37.1 Å². The molecule has 0 radical (unpaired) electrons. The highest BCUT2D eigenvalue weighted by Gasteiger charge is 2.37. The maximum atomic E-state index is 13.1. The monoisotopic (exact) mass is 414 g/mol. The Morgan fingerprint density at radius 1 is 1.31 bits per heavy atom. The van der Waals surface area contributed by atoms with E-state index < -0.39 is 23.7 Å². The zero-order valence-corrected chi connectivity index (χ0v) is 16.7. The third-order valence-electron chi connectivity index (χ3n) is 5.58. The second-order valence-electron chi connectivity index (χ2n) is 7.43. The Labute approximate surface area is 167 Å². The van der Waals surface area contributed by atoms with E-state index in [0.717, 1.165) is 31.7 Å². The Bertz CT molecular complexity index is 806. The number of aromatic nitrogens is 1. The van der Waals surface area contributed by atoms with Gasteiger partial charge in [-0.2, -0.15) is 13.2 Å². The van der Waals surface area contributed by atoms with Crippen LogP contribution in [0.25, 0.3) is 5.57 Å². The Balaban J connectivity index is 1.83. The van der Waals surface area contributed by atoms with Crippen LogP contribution in [0, 0.1) is 0 Å². The number of carbonyl (C=O) groups excluding carboxylic acids is 1. The van der Waals surface area contributed by atoms with Gasteiger partial charge in [0.25, 0.3) is 0 Å². The number of aromatic hydroxyl groups is 1. The number of carbonyl (C=O) groups is 1. The lowest BCUT2D eigenvalue weighted by molar-refractivity contribution is -0.142. The first-order valence-corrected chi connectivity index (χ1v) is 9.43. The summed E-state index contributed by atoms with van der Waals surface area (Å²) in [6, 6.07) is 2.47. The van der Waals surface area contributed by atoms with E-state index in [1.165, 1.54) is 6.07 Å². The molecule has 0 bridgehead atoms. The molecule has 1 N–H and O–H groups in total. The zero-order chi connectivity index (χ0) is 21.3. The smallest absolute Gasteiger partial charge is 0.437 e. The van der Waals surface area contributed by atoms with Crippen LogP contribution in [0.5, 0.6) is 5.75 Å². The number of ether oxygens (including phenoxy) is 1. The highest BCUT2D eigenvalue weighted by atomic mass is 19.4. The summed E-state index contributed by atoms with van der Waals surface area (Å²) in [6.45, 7) is 0.215. The second kappa shape index (κ2) is 8.10. The maximum absolute atomic E-state index is 13.1. The summed E-state index contributed by atoms with van der Waals surface area (Å²) in [6.07, 6.45) is -1.17. The number of nitrogens with zero attached hydrogens (tertiary/aromatic N) is 4. The molecule has 7 nitrogen and oxygen atoms in total. The third kappa shape index (κ3) is 4.42. The first kappa shape index (κ1) is 21.2. The second-order valence-corrected chi connectivity index (χ2v) is 7.43. The molecule has 0 unspecified atom stereocenters. The van der Waals surface area contributed by atoms with Gasteiger partial charge in [0.2, 0.25) is 0 Å². The van der Waals surface area contributed by atoms with Crippen LogP contribution in [0.15, 0.2) is 17.8 Å².